The first-order chi connectivity index (χ1) is 4.85. The van der Waals surface area contributed by atoms with Gasteiger partial charge in [0.1, 0.15) is 0 Å². The van der Waals surface area contributed by atoms with E-state index in [1.54, 1.807) is 6.20 Å². The molecule has 3 heteroatoms. The third-order valence-electron chi connectivity index (χ3n) is 0.882. The molecule has 0 saturated carbocycles. The first kappa shape index (κ1) is 13.5. The fraction of sp³-hybridized carbons (Fsp3) is 0.625. The van der Waals surface area contributed by atoms with Crippen LogP contribution >= 0.6 is 0 Å². The molecule has 1 aromatic heterocycles. The normalized spacial score (nSPS) is 7.55. The van der Waals surface area contributed by atoms with Gasteiger partial charge in [0, 0.05) is 26.6 Å². The van der Waals surface area contributed by atoms with E-state index in [9.17, 15) is 0 Å². The van der Waals surface area contributed by atoms with Crippen LogP contribution in [0.2, 0.25) is 0 Å². The number of hydrogen-bond acceptors (Lipinski definition) is 1. The van der Waals surface area contributed by atoms with Crippen LogP contribution in [0, 0.1) is 0 Å². The van der Waals surface area contributed by atoms with Gasteiger partial charge in [-0.05, 0) is 0 Å². The van der Waals surface area contributed by atoms with E-state index < -0.39 is 0 Å². The number of aryl methyl sites for hydroxylation is 1. The fourth-order valence-corrected chi connectivity index (χ4v) is 0.449. The number of nitrogens with zero attached hydrogens (tertiary/aromatic N) is 2. The maximum Gasteiger partial charge on any atom is 0.00222 e. The Morgan fingerprint density at radius 1 is 1.36 bits per heavy atom. The van der Waals surface area contributed by atoms with E-state index in [1.165, 1.54) is 6.42 Å². The Labute approximate surface area is 82.4 Å². The first-order valence-electron chi connectivity index (χ1n) is 3.78. The molecule has 11 heavy (non-hydrogen) atoms. The van der Waals surface area contributed by atoms with Crippen molar-refractivity contribution in [2.75, 3.05) is 0 Å². The number of aromatic nitrogens is 2. The van der Waals surface area contributed by atoms with Crippen molar-refractivity contribution < 1.29 is 20.4 Å². The Morgan fingerprint density at radius 2 is 1.91 bits per heavy atom. The molecule has 0 N–H and O–H groups in total. The van der Waals surface area contributed by atoms with Crippen molar-refractivity contribution in [1.29, 1.82) is 0 Å². The summed E-state index contributed by atoms with van der Waals surface area (Å²) < 4.78 is 0. The third-order valence-corrected chi connectivity index (χ3v) is 0.882. The summed E-state index contributed by atoms with van der Waals surface area (Å²) >= 11 is 0. The van der Waals surface area contributed by atoms with Crippen LogP contribution in [0.3, 0.4) is 0 Å². The third kappa shape index (κ3) is 7.77. The molecular formula is C8H15N2Re-. The van der Waals surface area contributed by atoms with E-state index in [0.717, 1.165) is 12.1 Å². The zero-order valence-electron chi connectivity index (χ0n) is 7.34. The van der Waals surface area contributed by atoms with Gasteiger partial charge in [-0.3, -0.25) is 0 Å². The molecule has 0 bridgehead atoms. The smallest absolute Gasteiger partial charge is 0.00222 e. The van der Waals surface area contributed by atoms with Crippen molar-refractivity contribution in [3.63, 3.8) is 0 Å². The van der Waals surface area contributed by atoms with Gasteiger partial charge in [0.05, 0.1) is 0 Å². The summed E-state index contributed by atoms with van der Waals surface area (Å²) in [5.74, 6) is 0. The summed E-state index contributed by atoms with van der Waals surface area (Å²) in [4.78, 5) is 0. The monoisotopic (exact) mass is 326 g/mol. The zero-order chi connectivity index (χ0) is 7.82. The summed E-state index contributed by atoms with van der Waals surface area (Å²) in [6.07, 6.45) is 3.94. The van der Waals surface area contributed by atoms with E-state index >= 15 is 0 Å². The molecule has 1 rings (SSSR count). The predicted molar refractivity (Wildman–Crippen MR) is 42.9 cm³/mol. The van der Waals surface area contributed by atoms with Crippen molar-refractivity contribution in [3.8, 4) is 0 Å². The molecular weight excluding hydrogens is 310 g/mol. The second-order valence-corrected chi connectivity index (χ2v) is 2.08. The van der Waals surface area contributed by atoms with Crippen molar-refractivity contribution in [2.45, 2.75) is 33.6 Å². The van der Waals surface area contributed by atoms with Gasteiger partial charge in [-0.1, -0.05) is 39.7 Å². The Hall–Kier alpha value is -0.128. The second kappa shape index (κ2) is 9.87. The topological polar surface area (TPSA) is 27.0 Å². The van der Waals surface area contributed by atoms with Gasteiger partial charge >= 0.3 is 0 Å². The van der Waals surface area contributed by atoms with E-state index in [4.69, 9.17) is 0 Å². The van der Waals surface area contributed by atoms with Crippen LogP contribution in [0.4, 0.5) is 0 Å². The van der Waals surface area contributed by atoms with Crippen molar-refractivity contribution >= 4 is 0 Å². The molecule has 0 aliphatic rings. The standard InChI is InChI=1S/C5H7N2.C3H8.Re/c1-2-5-3-4-6-7-5;1-3-2;/h3-4H,2H2,1H3;3H2,1-2H3;/q-1;;. The Bertz CT molecular complexity index is 138. The summed E-state index contributed by atoms with van der Waals surface area (Å²) in [5, 5.41) is 7.43. The van der Waals surface area contributed by atoms with Crippen molar-refractivity contribution in [1.82, 2.24) is 10.2 Å². The maximum atomic E-state index is 3.78. The minimum absolute atomic E-state index is 0. The van der Waals surface area contributed by atoms with Gasteiger partial charge in [0.25, 0.3) is 0 Å². The van der Waals surface area contributed by atoms with Gasteiger partial charge in [0.2, 0.25) is 0 Å². The van der Waals surface area contributed by atoms with Gasteiger partial charge in [-0.15, -0.1) is 5.69 Å². The van der Waals surface area contributed by atoms with E-state index in [2.05, 4.69) is 31.0 Å². The molecule has 0 amide bonds. The average molecular weight is 325 g/mol. The molecule has 0 aliphatic heterocycles. The largest absolute Gasteiger partial charge is 0.579 e. The van der Waals surface area contributed by atoms with Crippen LogP contribution in [0.5, 0.6) is 0 Å². The molecule has 65 valence electrons. The molecule has 0 unspecified atom stereocenters. The van der Waals surface area contributed by atoms with Crippen molar-refractivity contribution in [2.24, 2.45) is 0 Å². The molecule has 1 radical (unpaired) electrons. The number of rotatable bonds is 1. The Morgan fingerprint density at radius 3 is 2.09 bits per heavy atom. The zero-order valence-corrected chi connectivity index (χ0v) is 10.1. The maximum absolute atomic E-state index is 3.78. The summed E-state index contributed by atoms with van der Waals surface area (Å²) in [5.41, 5.74) is 1.07. The van der Waals surface area contributed by atoms with Crippen LogP contribution in [-0.2, 0) is 26.8 Å². The Balaban J connectivity index is 0. The minimum atomic E-state index is 0. The van der Waals surface area contributed by atoms with Crippen LogP contribution in [0.15, 0.2) is 12.3 Å². The predicted octanol–water partition coefficient (Wildman–Crippen LogP) is 2.01. The molecule has 1 heterocycles. The molecule has 1 aromatic rings. The first-order valence-corrected chi connectivity index (χ1v) is 3.78. The van der Waals surface area contributed by atoms with Gasteiger partial charge in [-0.2, -0.15) is 0 Å². The van der Waals surface area contributed by atoms with Crippen molar-refractivity contribution in [3.05, 3.63) is 18.0 Å². The minimum Gasteiger partial charge on any atom is -0.579 e. The van der Waals surface area contributed by atoms with Gasteiger partial charge in [0.15, 0.2) is 0 Å². The molecule has 0 atom stereocenters. The van der Waals surface area contributed by atoms with E-state index in [-0.39, 0.29) is 20.4 Å². The van der Waals surface area contributed by atoms with Crippen LogP contribution in [-0.4, -0.2) is 5.10 Å². The quantitative estimate of drug-likeness (QED) is 0.790. The summed E-state index contributed by atoms with van der Waals surface area (Å²) in [6, 6.07) is 1.92. The fourth-order valence-electron chi connectivity index (χ4n) is 0.449. The second-order valence-electron chi connectivity index (χ2n) is 2.08. The van der Waals surface area contributed by atoms with Crippen LogP contribution in [0.1, 0.15) is 32.9 Å². The molecule has 0 spiro atoms. The van der Waals surface area contributed by atoms with Crippen LogP contribution in [0.25, 0.3) is 0 Å². The van der Waals surface area contributed by atoms with E-state index in [1.807, 2.05) is 6.07 Å². The molecule has 0 saturated heterocycles. The van der Waals surface area contributed by atoms with Gasteiger partial charge < -0.3 is 10.2 Å². The average Bonchev–Trinajstić information content (AvgIpc) is 2.39. The van der Waals surface area contributed by atoms with Gasteiger partial charge in [-0.25, -0.2) is 0 Å². The number of hydrogen-bond donors (Lipinski definition) is 0. The molecule has 0 aliphatic carbocycles. The SMILES string of the molecule is CCC.CCc1ccn[n-]1.[Re]. The van der Waals surface area contributed by atoms with E-state index in [0.29, 0.717) is 0 Å². The summed E-state index contributed by atoms with van der Waals surface area (Å²) in [7, 11) is 0. The molecule has 2 nitrogen and oxygen atoms in total. The molecule has 0 fully saturated rings. The Kier molecular flexibility index (Phi) is 12.1. The molecule has 0 aromatic carbocycles. The summed E-state index contributed by atoms with van der Waals surface area (Å²) in [6.45, 7) is 6.31. The van der Waals surface area contributed by atoms with Crippen LogP contribution < -0.4 is 5.10 Å².